The summed E-state index contributed by atoms with van der Waals surface area (Å²) < 4.78 is 10.3. The van der Waals surface area contributed by atoms with Gasteiger partial charge in [0.2, 0.25) is 0 Å². The Hall–Kier alpha value is -3.26. The Bertz CT molecular complexity index is 960. The molecule has 0 unspecified atom stereocenters. The highest BCUT2D eigenvalue weighted by Crippen LogP contribution is 2.24. The van der Waals surface area contributed by atoms with Gasteiger partial charge in [-0.15, -0.1) is 0 Å². The van der Waals surface area contributed by atoms with Crippen molar-refractivity contribution in [2.45, 2.75) is 39.0 Å². The summed E-state index contributed by atoms with van der Waals surface area (Å²) >= 11 is 0. The third-order valence-corrected chi connectivity index (χ3v) is 4.42. The second-order valence-corrected chi connectivity index (χ2v) is 7.97. The number of carbonyl (C=O) groups is 1. The average molecular weight is 409 g/mol. The van der Waals surface area contributed by atoms with Crippen molar-refractivity contribution in [2.75, 3.05) is 24.4 Å². The molecule has 0 aliphatic carbocycles. The summed E-state index contributed by atoms with van der Waals surface area (Å²) in [7, 11) is 1.68. The van der Waals surface area contributed by atoms with E-state index in [0.29, 0.717) is 23.9 Å². The predicted octanol–water partition coefficient (Wildman–Crippen LogP) is 4.65. The van der Waals surface area contributed by atoms with Crippen molar-refractivity contribution >= 4 is 17.5 Å². The molecule has 3 aromatic rings. The topological polar surface area (TPSA) is 102 Å². The number of hydrogen-bond acceptors (Lipinski definition) is 6. The fraction of sp³-hybridized carbons (Fsp3) is 0.364. The van der Waals surface area contributed by atoms with Crippen LogP contribution in [0.25, 0.3) is 11.1 Å². The molecule has 8 nitrogen and oxygen atoms in total. The maximum Gasteiger partial charge on any atom is 0.324 e. The van der Waals surface area contributed by atoms with Crippen LogP contribution in [0.2, 0.25) is 0 Å². The SMILES string of the molecule is COCCCc1ncc(-c2ccc(NC(=O)Nc3cc(C(C)(C)C)on3)cc2)cn1. The molecule has 0 bridgehead atoms. The summed E-state index contributed by atoms with van der Waals surface area (Å²) in [6, 6.07) is 8.80. The van der Waals surface area contributed by atoms with Gasteiger partial charge < -0.3 is 14.6 Å². The molecule has 0 saturated heterocycles. The molecule has 3 rings (SSSR count). The number of urea groups is 1. The molecule has 0 aliphatic heterocycles. The van der Waals surface area contributed by atoms with Crippen LogP contribution in [0, 0.1) is 0 Å². The number of nitrogens with one attached hydrogen (secondary N) is 2. The number of benzene rings is 1. The third-order valence-electron chi connectivity index (χ3n) is 4.42. The molecule has 0 atom stereocenters. The second kappa shape index (κ2) is 9.49. The van der Waals surface area contributed by atoms with E-state index in [2.05, 4.69) is 25.8 Å². The summed E-state index contributed by atoms with van der Waals surface area (Å²) in [6.45, 7) is 6.73. The van der Waals surface area contributed by atoms with E-state index in [0.717, 1.165) is 29.8 Å². The number of amides is 2. The summed E-state index contributed by atoms with van der Waals surface area (Å²) in [5.41, 5.74) is 2.37. The number of carbonyl (C=O) groups excluding carboxylic acids is 1. The van der Waals surface area contributed by atoms with Crippen molar-refractivity contribution in [2.24, 2.45) is 0 Å². The van der Waals surface area contributed by atoms with Gasteiger partial charge in [0.05, 0.1) is 0 Å². The standard InChI is InChI=1S/C22H27N5O3/c1-22(2,3)18-12-20(27-30-18)26-21(28)25-17-9-7-15(8-10-17)16-13-23-19(24-14-16)6-5-11-29-4/h7-10,12-14H,5-6,11H2,1-4H3,(H2,25,26,27,28). The van der Waals surface area contributed by atoms with Crippen molar-refractivity contribution in [3.63, 3.8) is 0 Å². The Balaban J connectivity index is 1.56. The van der Waals surface area contributed by atoms with Crippen LogP contribution in [0.1, 0.15) is 38.8 Å². The van der Waals surface area contributed by atoms with Crippen LogP contribution in [-0.2, 0) is 16.6 Å². The smallest absolute Gasteiger partial charge is 0.324 e. The number of nitrogens with zero attached hydrogens (tertiary/aromatic N) is 3. The number of aryl methyl sites for hydroxylation is 1. The number of ether oxygens (including phenoxy) is 1. The highest BCUT2D eigenvalue weighted by atomic mass is 16.5. The Morgan fingerprint density at radius 3 is 2.37 bits per heavy atom. The van der Waals surface area contributed by atoms with Crippen LogP contribution in [0.3, 0.4) is 0 Å². The quantitative estimate of drug-likeness (QED) is 0.551. The number of anilines is 2. The van der Waals surface area contributed by atoms with Gasteiger partial charge >= 0.3 is 6.03 Å². The fourth-order valence-electron chi connectivity index (χ4n) is 2.72. The number of hydrogen-bond donors (Lipinski definition) is 2. The third kappa shape index (κ3) is 5.87. The molecule has 0 saturated carbocycles. The first-order chi connectivity index (χ1) is 14.3. The van der Waals surface area contributed by atoms with E-state index in [1.165, 1.54) is 0 Å². The van der Waals surface area contributed by atoms with Crippen molar-refractivity contribution in [3.8, 4) is 11.1 Å². The van der Waals surface area contributed by atoms with Gasteiger partial charge in [-0.2, -0.15) is 0 Å². The largest absolute Gasteiger partial charge is 0.385 e. The van der Waals surface area contributed by atoms with E-state index in [1.807, 2.05) is 57.4 Å². The van der Waals surface area contributed by atoms with E-state index in [4.69, 9.17) is 9.26 Å². The Labute approximate surface area is 176 Å². The Morgan fingerprint density at radius 1 is 1.07 bits per heavy atom. The number of aromatic nitrogens is 3. The zero-order chi connectivity index (χ0) is 21.6. The van der Waals surface area contributed by atoms with Crippen LogP contribution in [0.5, 0.6) is 0 Å². The lowest BCUT2D eigenvalue weighted by atomic mass is 9.93. The van der Waals surface area contributed by atoms with E-state index >= 15 is 0 Å². The van der Waals surface area contributed by atoms with Crippen molar-refractivity contribution < 1.29 is 14.1 Å². The maximum atomic E-state index is 12.2. The molecule has 158 valence electrons. The van der Waals surface area contributed by atoms with Crippen LogP contribution in [-0.4, -0.2) is 34.9 Å². The Morgan fingerprint density at radius 2 is 1.77 bits per heavy atom. The van der Waals surface area contributed by atoms with Gasteiger partial charge in [0.25, 0.3) is 0 Å². The van der Waals surface area contributed by atoms with E-state index < -0.39 is 0 Å². The van der Waals surface area contributed by atoms with Crippen molar-refractivity contribution in [1.82, 2.24) is 15.1 Å². The normalized spacial score (nSPS) is 11.3. The van der Waals surface area contributed by atoms with Crippen LogP contribution in [0.15, 0.2) is 47.2 Å². The van der Waals surface area contributed by atoms with Gasteiger partial charge in [-0.05, 0) is 24.1 Å². The first-order valence-corrected chi connectivity index (χ1v) is 9.80. The summed E-state index contributed by atoms with van der Waals surface area (Å²) in [5, 5.41) is 9.33. The molecule has 2 aromatic heterocycles. The molecule has 0 fully saturated rings. The highest BCUT2D eigenvalue weighted by Gasteiger charge is 2.20. The predicted molar refractivity (Wildman–Crippen MR) is 116 cm³/mol. The molecule has 2 N–H and O–H groups in total. The molecule has 30 heavy (non-hydrogen) atoms. The first-order valence-electron chi connectivity index (χ1n) is 9.80. The molecule has 0 aliphatic rings. The molecular formula is C22H27N5O3. The van der Waals surface area contributed by atoms with Gasteiger partial charge in [-0.25, -0.2) is 14.8 Å². The molecular weight excluding hydrogens is 382 g/mol. The van der Waals surface area contributed by atoms with Crippen LogP contribution >= 0.6 is 0 Å². The zero-order valence-electron chi connectivity index (χ0n) is 17.7. The number of rotatable bonds is 7. The zero-order valence-corrected chi connectivity index (χ0v) is 17.7. The van der Waals surface area contributed by atoms with Gasteiger partial charge in [-0.3, -0.25) is 5.32 Å². The molecule has 2 heterocycles. The summed E-state index contributed by atoms with van der Waals surface area (Å²) in [6.07, 6.45) is 5.29. The lowest BCUT2D eigenvalue weighted by Crippen LogP contribution is -2.19. The molecule has 2 amide bonds. The van der Waals surface area contributed by atoms with Crippen molar-refractivity contribution in [3.05, 3.63) is 54.3 Å². The van der Waals surface area contributed by atoms with E-state index in [1.54, 1.807) is 13.2 Å². The lowest BCUT2D eigenvalue weighted by molar-refractivity contribution is 0.194. The van der Waals surface area contributed by atoms with Crippen LogP contribution in [0.4, 0.5) is 16.3 Å². The monoisotopic (exact) mass is 409 g/mol. The minimum Gasteiger partial charge on any atom is -0.385 e. The van der Waals surface area contributed by atoms with E-state index in [-0.39, 0.29) is 11.4 Å². The lowest BCUT2D eigenvalue weighted by Gasteiger charge is -2.12. The molecule has 1 aromatic carbocycles. The van der Waals surface area contributed by atoms with E-state index in [9.17, 15) is 4.79 Å². The summed E-state index contributed by atoms with van der Waals surface area (Å²) in [4.78, 5) is 21.0. The minimum atomic E-state index is -0.389. The van der Waals surface area contributed by atoms with Gasteiger partial charge in [0, 0.05) is 55.3 Å². The molecule has 8 heteroatoms. The second-order valence-electron chi connectivity index (χ2n) is 7.97. The Kier molecular flexibility index (Phi) is 6.79. The fourth-order valence-corrected chi connectivity index (χ4v) is 2.72. The van der Waals surface area contributed by atoms with Gasteiger partial charge in [0.15, 0.2) is 5.82 Å². The van der Waals surface area contributed by atoms with Gasteiger partial charge in [-0.1, -0.05) is 38.1 Å². The minimum absolute atomic E-state index is 0.176. The number of methoxy groups -OCH3 is 1. The van der Waals surface area contributed by atoms with Crippen molar-refractivity contribution in [1.29, 1.82) is 0 Å². The molecule has 0 spiro atoms. The maximum absolute atomic E-state index is 12.2. The highest BCUT2D eigenvalue weighted by molar-refractivity contribution is 5.99. The first kappa shape index (κ1) is 21.4. The average Bonchev–Trinajstić information content (AvgIpc) is 3.18. The van der Waals surface area contributed by atoms with Crippen LogP contribution < -0.4 is 10.6 Å². The summed E-state index contributed by atoms with van der Waals surface area (Å²) in [5.74, 6) is 1.87. The van der Waals surface area contributed by atoms with Gasteiger partial charge in [0.1, 0.15) is 11.6 Å². The molecule has 0 radical (unpaired) electrons.